The van der Waals surface area contributed by atoms with E-state index < -0.39 is 11.7 Å². The Balaban J connectivity index is 2.52. The lowest BCUT2D eigenvalue weighted by Crippen LogP contribution is -2.26. The molecule has 1 aromatic heterocycles. The zero-order chi connectivity index (χ0) is 13.5. The van der Waals surface area contributed by atoms with Crippen molar-refractivity contribution in [3.05, 3.63) is 28.5 Å². The van der Waals surface area contributed by atoms with E-state index in [1.807, 2.05) is 0 Å². The number of carbonyl (C=O) groups is 1. The summed E-state index contributed by atoms with van der Waals surface area (Å²) in [5.41, 5.74) is 0.465. The molecule has 0 N–H and O–H groups in total. The van der Waals surface area contributed by atoms with Gasteiger partial charge in [0.05, 0.1) is 21.1 Å². The molecule has 6 heteroatoms. The van der Waals surface area contributed by atoms with Crippen LogP contribution in [0.2, 0.25) is 10.0 Å². The van der Waals surface area contributed by atoms with Gasteiger partial charge in [-0.2, -0.15) is 0 Å². The number of benzene rings is 1. The van der Waals surface area contributed by atoms with Gasteiger partial charge in [-0.05, 0) is 32.9 Å². The first kappa shape index (κ1) is 13.2. The van der Waals surface area contributed by atoms with E-state index in [4.69, 9.17) is 27.9 Å². The van der Waals surface area contributed by atoms with Crippen LogP contribution in [0.25, 0.3) is 11.0 Å². The minimum atomic E-state index is -0.585. The first-order chi connectivity index (χ1) is 8.29. The standard InChI is InChI=1S/C12H12Cl2N2O2/c1-12(2,3)18-11(17)16-6-15-8-5-4-7(13)9(14)10(8)16/h4-6H,1-3H3. The Morgan fingerprint density at radius 2 is 2.00 bits per heavy atom. The highest BCUT2D eigenvalue weighted by Crippen LogP contribution is 2.30. The zero-order valence-electron chi connectivity index (χ0n) is 10.2. The Labute approximate surface area is 114 Å². The third-order valence-corrected chi connectivity index (χ3v) is 2.99. The van der Waals surface area contributed by atoms with Crippen molar-refractivity contribution < 1.29 is 9.53 Å². The van der Waals surface area contributed by atoms with Crippen molar-refractivity contribution in [1.29, 1.82) is 0 Å². The molecule has 0 spiro atoms. The fourth-order valence-corrected chi connectivity index (χ4v) is 1.89. The number of nitrogens with zero attached hydrogens (tertiary/aromatic N) is 2. The first-order valence-electron chi connectivity index (χ1n) is 5.34. The summed E-state index contributed by atoms with van der Waals surface area (Å²) in [7, 11) is 0. The van der Waals surface area contributed by atoms with Crippen LogP contribution < -0.4 is 0 Å². The molecule has 2 aromatic rings. The summed E-state index contributed by atoms with van der Waals surface area (Å²) in [5, 5.41) is 0.659. The molecule has 0 fully saturated rings. The number of imidazole rings is 1. The molecule has 0 aliphatic carbocycles. The summed E-state index contributed by atoms with van der Waals surface area (Å²) < 4.78 is 6.53. The second kappa shape index (κ2) is 4.44. The lowest BCUT2D eigenvalue weighted by atomic mass is 10.2. The van der Waals surface area contributed by atoms with Crippen molar-refractivity contribution in [1.82, 2.24) is 9.55 Å². The van der Waals surface area contributed by atoms with Crippen molar-refractivity contribution in [2.24, 2.45) is 0 Å². The molecule has 0 aliphatic rings. The summed E-state index contributed by atoms with van der Waals surface area (Å²) in [6.07, 6.45) is 0.843. The fourth-order valence-electron chi connectivity index (χ4n) is 1.49. The molecule has 0 saturated carbocycles. The second-order valence-corrected chi connectivity index (χ2v) is 5.61. The molecule has 1 heterocycles. The highest BCUT2D eigenvalue weighted by molar-refractivity contribution is 6.45. The van der Waals surface area contributed by atoms with Gasteiger partial charge in [0.2, 0.25) is 0 Å². The number of carbonyl (C=O) groups excluding carboxylic acids is 1. The van der Waals surface area contributed by atoms with E-state index in [2.05, 4.69) is 4.98 Å². The maximum atomic E-state index is 12.0. The van der Waals surface area contributed by atoms with Gasteiger partial charge in [-0.15, -0.1) is 0 Å². The molecule has 0 unspecified atom stereocenters. The van der Waals surface area contributed by atoms with E-state index in [1.165, 1.54) is 10.9 Å². The maximum Gasteiger partial charge on any atom is 0.420 e. The van der Waals surface area contributed by atoms with E-state index in [0.717, 1.165) is 0 Å². The van der Waals surface area contributed by atoms with Crippen LogP contribution in [0.3, 0.4) is 0 Å². The third-order valence-electron chi connectivity index (χ3n) is 2.19. The van der Waals surface area contributed by atoms with Gasteiger partial charge in [0.15, 0.2) is 0 Å². The molecule has 0 amide bonds. The molecule has 4 nitrogen and oxygen atoms in total. The summed E-state index contributed by atoms with van der Waals surface area (Å²) in [6, 6.07) is 3.34. The number of aromatic nitrogens is 2. The van der Waals surface area contributed by atoms with Gasteiger partial charge >= 0.3 is 6.09 Å². The van der Waals surface area contributed by atoms with Crippen LogP contribution in [0.1, 0.15) is 20.8 Å². The van der Waals surface area contributed by atoms with Gasteiger partial charge in [0.1, 0.15) is 11.9 Å². The van der Waals surface area contributed by atoms with Crippen LogP contribution in [-0.4, -0.2) is 21.2 Å². The normalized spacial score (nSPS) is 11.8. The number of rotatable bonds is 0. The van der Waals surface area contributed by atoms with E-state index >= 15 is 0 Å². The molecule has 0 saturated heterocycles. The molecule has 1 aromatic carbocycles. The average molecular weight is 287 g/mol. The Morgan fingerprint density at radius 1 is 1.33 bits per heavy atom. The Morgan fingerprint density at radius 3 is 2.61 bits per heavy atom. The monoisotopic (exact) mass is 286 g/mol. The molecule has 0 bridgehead atoms. The summed E-state index contributed by atoms with van der Waals surface area (Å²) >= 11 is 12.0. The lowest BCUT2D eigenvalue weighted by molar-refractivity contribution is 0.0543. The number of hydrogen-bond donors (Lipinski definition) is 0. The van der Waals surface area contributed by atoms with Gasteiger partial charge in [0, 0.05) is 0 Å². The number of fused-ring (bicyclic) bond motifs is 1. The summed E-state index contributed by atoms with van der Waals surface area (Å²) in [5.74, 6) is 0. The van der Waals surface area contributed by atoms with Crippen molar-refractivity contribution in [3.8, 4) is 0 Å². The minimum Gasteiger partial charge on any atom is -0.443 e. The number of ether oxygens (including phenoxy) is 1. The predicted octanol–water partition coefficient (Wildman–Crippen LogP) is 4.13. The van der Waals surface area contributed by atoms with Crippen LogP contribution in [0, 0.1) is 0 Å². The Hall–Kier alpha value is -1.26. The Kier molecular flexibility index (Phi) is 3.25. The number of hydrogen-bond acceptors (Lipinski definition) is 3. The maximum absolute atomic E-state index is 12.0. The second-order valence-electron chi connectivity index (χ2n) is 4.82. The predicted molar refractivity (Wildman–Crippen MR) is 71.4 cm³/mol. The molecule has 0 aliphatic heterocycles. The Bertz CT molecular complexity index is 614. The van der Waals surface area contributed by atoms with Gasteiger partial charge in [0.25, 0.3) is 0 Å². The van der Waals surface area contributed by atoms with Crippen molar-refractivity contribution in [2.75, 3.05) is 0 Å². The van der Waals surface area contributed by atoms with E-state index in [1.54, 1.807) is 32.9 Å². The van der Waals surface area contributed by atoms with Gasteiger partial charge in [-0.1, -0.05) is 23.2 Å². The van der Waals surface area contributed by atoms with Crippen molar-refractivity contribution in [2.45, 2.75) is 26.4 Å². The topological polar surface area (TPSA) is 44.1 Å². The van der Waals surface area contributed by atoms with Gasteiger partial charge in [-0.3, -0.25) is 0 Å². The van der Waals surface area contributed by atoms with E-state index in [0.29, 0.717) is 16.1 Å². The summed E-state index contributed by atoms with van der Waals surface area (Å²) in [4.78, 5) is 16.1. The molecule has 2 rings (SSSR count). The van der Waals surface area contributed by atoms with Crippen molar-refractivity contribution in [3.63, 3.8) is 0 Å². The molecular formula is C12H12Cl2N2O2. The first-order valence-corrected chi connectivity index (χ1v) is 6.09. The molecular weight excluding hydrogens is 275 g/mol. The minimum absolute atomic E-state index is 0.289. The van der Waals surface area contributed by atoms with Gasteiger partial charge in [-0.25, -0.2) is 14.3 Å². The largest absolute Gasteiger partial charge is 0.443 e. The highest BCUT2D eigenvalue weighted by Gasteiger charge is 2.21. The quantitative estimate of drug-likeness (QED) is 0.731. The fraction of sp³-hybridized carbons (Fsp3) is 0.333. The van der Waals surface area contributed by atoms with Crippen molar-refractivity contribution >= 4 is 40.3 Å². The molecule has 0 atom stereocenters. The van der Waals surface area contributed by atoms with Crippen LogP contribution >= 0.6 is 23.2 Å². The SMILES string of the molecule is CC(C)(C)OC(=O)n1cnc2ccc(Cl)c(Cl)c21. The smallest absolute Gasteiger partial charge is 0.420 e. The average Bonchev–Trinajstić information content (AvgIpc) is 2.65. The van der Waals surface area contributed by atoms with Crippen LogP contribution in [-0.2, 0) is 4.74 Å². The molecule has 96 valence electrons. The highest BCUT2D eigenvalue weighted by atomic mass is 35.5. The van der Waals surface area contributed by atoms with Crippen LogP contribution in [0.15, 0.2) is 18.5 Å². The third kappa shape index (κ3) is 2.44. The molecule has 18 heavy (non-hydrogen) atoms. The van der Waals surface area contributed by atoms with Crippen LogP contribution in [0.5, 0.6) is 0 Å². The zero-order valence-corrected chi connectivity index (χ0v) is 11.7. The lowest BCUT2D eigenvalue weighted by Gasteiger charge is -2.19. The van der Waals surface area contributed by atoms with Crippen LogP contribution in [0.4, 0.5) is 4.79 Å². The van der Waals surface area contributed by atoms with E-state index in [9.17, 15) is 4.79 Å². The number of halogens is 2. The molecule has 0 radical (unpaired) electrons. The van der Waals surface area contributed by atoms with E-state index in [-0.39, 0.29) is 5.02 Å². The summed E-state index contributed by atoms with van der Waals surface area (Å²) in [6.45, 7) is 5.37. The van der Waals surface area contributed by atoms with Gasteiger partial charge < -0.3 is 4.74 Å².